The van der Waals surface area contributed by atoms with E-state index in [1.54, 1.807) is 0 Å². The average Bonchev–Trinajstić information content (AvgIpc) is 2.21. The Morgan fingerprint density at radius 2 is 1.29 bits per heavy atom. The predicted octanol–water partition coefficient (Wildman–Crippen LogP) is 3.32. The molecule has 0 aliphatic heterocycles. The first-order valence-electron chi connectivity index (χ1n) is 6.30. The highest BCUT2D eigenvalue weighted by Gasteiger charge is 1.94. The summed E-state index contributed by atoms with van der Waals surface area (Å²) in [6.07, 6.45) is 11.0. The van der Waals surface area contributed by atoms with Crippen molar-refractivity contribution in [2.75, 3.05) is 13.1 Å². The van der Waals surface area contributed by atoms with Crippen molar-refractivity contribution in [1.82, 2.24) is 5.01 Å². The predicted molar refractivity (Wildman–Crippen MR) is 64.0 cm³/mol. The second-order valence-corrected chi connectivity index (χ2v) is 4.10. The molecule has 86 valence electrons. The van der Waals surface area contributed by atoms with E-state index in [2.05, 4.69) is 13.8 Å². The van der Waals surface area contributed by atoms with E-state index in [1.807, 2.05) is 5.01 Å². The molecule has 0 aromatic heterocycles. The van der Waals surface area contributed by atoms with E-state index in [1.165, 1.54) is 51.4 Å². The zero-order chi connectivity index (χ0) is 10.6. The van der Waals surface area contributed by atoms with Gasteiger partial charge in [-0.1, -0.05) is 58.8 Å². The standard InChI is InChI=1S/C12H28N2/c1-3-5-6-7-8-9-10-11-12-14(13)4-2/h3-13H2,1-2H3. The monoisotopic (exact) mass is 200 g/mol. The third kappa shape index (κ3) is 10.0. The van der Waals surface area contributed by atoms with Gasteiger partial charge < -0.3 is 0 Å². The van der Waals surface area contributed by atoms with E-state index in [9.17, 15) is 0 Å². The number of hydrogen-bond donors (Lipinski definition) is 1. The minimum absolute atomic E-state index is 0.969. The lowest BCUT2D eigenvalue weighted by Gasteiger charge is -2.12. The second kappa shape index (κ2) is 11.0. The molecule has 0 aromatic carbocycles. The van der Waals surface area contributed by atoms with Gasteiger partial charge in [-0.2, -0.15) is 0 Å². The number of unbranched alkanes of at least 4 members (excludes halogenated alkanes) is 7. The van der Waals surface area contributed by atoms with Gasteiger partial charge in [-0.3, -0.25) is 5.84 Å². The zero-order valence-corrected chi connectivity index (χ0v) is 10.1. The van der Waals surface area contributed by atoms with Gasteiger partial charge in [0.05, 0.1) is 0 Å². The molecule has 0 fully saturated rings. The first kappa shape index (κ1) is 13.9. The third-order valence-corrected chi connectivity index (χ3v) is 2.71. The second-order valence-electron chi connectivity index (χ2n) is 4.10. The molecular formula is C12H28N2. The van der Waals surface area contributed by atoms with Gasteiger partial charge in [-0.05, 0) is 6.42 Å². The van der Waals surface area contributed by atoms with Crippen molar-refractivity contribution in [1.29, 1.82) is 0 Å². The van der Waals surface area contributed by atoms with Crippen LogP contribution in [0.5, 0.6) is 0 Å². The van der Waals surface area contributed by atoms with Crippen LogP contribution in [0.15, 0.2) is 0 Å². The Hall–Kier alpha value is -0.0800. The van der Waals surface area contributed by atoms with Crippen molar-refractivity contribution >= 4 is 0 Å². The normalized spacial score (nSPS) is 11.1. The fourth-order valence-electron chi connectivity index (χ4n) is 1.61. The van der Waals surface area contributed by atoms with Gasteiger partial charge in [0.1, 0.15) is 0 Å². The van der Waals surface area contributed by atoms with Crippen LogP contribution in [0, 0.1) is 0 Å². The topological polar surface area (TPSA) is 29.3 Å². The smallest absolute Gasteiger partial charge is 0.0128 e. The van der Waals surface area contributed by atoms with Gasteiger partial charge in [0.2, 0.25) is 0 Å². The summed E-state index contributed by atoms with van der Waals surface area (Å²) in [6, 6.07) is 0. The molecule has 14 heavy (non-hydrogen) atoms. The van der Waals surface area contributed by atoms with Gasteiger partial charge >= 0.3 is 0 Å². The minimum Gasteiger partial charge on any atom is -0.269 e. The van der Waals surface area contributed by atoms with E-state index in [-0.39, 0.29) is 0 Å². The average molecular weight is 200 g/mol. The molecule has 0 radical (unpaired) electrons. The number of nitrogens with two attached hydrogens (primary N) is 1. The Bertz CT molecular complexity index is 104. The largest absolute Gasteiger partial charge is 0.269 e. The number of rotatable bonds is 10. The summed E-state index contributed by atoms with van der Waals surface area (Å²) in [5.74, 6) is 5.69. The molecule has 0 rings (SSSR count). The molecule has 2 nitrogen and oxygen atoms in total. The summed E-state index contributed by atoms with van der Waals surface area (Å²) in [5.41, 5.74) is 0. The number of hydrogen-bond acceptors (Lipinski definition) is 2. The Labute approximate surface area is 89.8 Å². The lowest BCUT2D eigenvalue weighted by molar-refractivity contribution is 0.290. The summed E-state index contributed by atoms with van der Waals surface area (Å²) >= 11 is 0. The quantitative estimate of drug-likeness (QED) is 0.333. The van der Waals surface area contributed by atoms with Crippen LogP contribution in [-0.4, -0.2) is 18.1 Å². The van der Waals surface area contributed by atoms with E-state index in [0.717, 1.165) is 13.1 Å². The first-order chi connectivity index (χ1) is 6.81. The molecule has 0 saturated carbocycles. The van der Waals surface area contributed by atoms with Gasteiger partial charge in [0.15, 0.2) is 0 Å². The number of hydrazine groups is 1. The van der Waals surface area contributed by atoms with Crippen molar-refractivity contribution in [3.05, 3.63) is 0 Å². The Balaban J connectivity index is 2.92. The maximum Gasteiger partial charge on any atom is 0.0128 e. The Morgan fingerprint density at radius 3 is 1.79 bits per heavy atom. The Morgan fingerprint density at radius 1 is 0.786 bits per heavy atom. The maximum atomic E-state index is 5.69. The van der Waals surface area contributed by atoms with Crippen LogP contribution in [0.25, 0.3) is 0 Å². The van der Waals surface area contributed by atoms with Crippen LogP contribution in [0.4, 0.5) is 0 Å². The summed E-state index contributed by atoms with van der Waals surface area (Å²) in [5, 5.41) is 1.90. The van der Waals surface area contributed by atoms with Crippen molar-refractivity contribution in [3.63, 3.8) is 0 Å². The summed E-state index contributed by atoms with van der Waals surface area (Å²) in [7, 11) is 0. The van der Waals surface area contributed by atoms with Crippen molar-refractivity contribution in [2.45, 2.75) is 65.2 Å². The highest BCUT2D eigenvalue weighted by Crippen LogP contribution is 2.08. The van der Waals surface area contributed by atoms with Crippen LogP contribution in [0.1, 0.15) is 65.2 Å². The van der Waals surface area contributed by atoms with Crippen LogP contribution < -0.4 is 5.84 Å². The van der Waals surface area contributed by atoms with Gasteiger partial charge in [0, 0.05) is 13.1 Å². The van der Waals surface area contributed by atoms with Gasteiger partial charge in [-0.25, -0.2) is 5.01 Å². The van der Waals surface area contributed by atoms with Gasteiger partial charge in [-0.15, -0.1) is 0 Å². The highest BCUT2D eigenvalue weighted by molar-refractivity contribution is 4.49. The van der Waals surface area contributed by atoms with Crippen molar-refractivity contribution < 1.29 is 0 Å². The highest BCUT2D eigenvalue weighted by atomic mass is 15.4. The maximum absolute atomic E-state index is 5.69. The van der Waals surface area contributed by atoms with E-state index in [0.29, 0.717) is 0 Å². The van der Waals surface area contributed by atoms with Crippen LogP contribution in [-0.2, 0) is 0 Å². The van der Waals surface area contributed by atoms with Crippen molar-refractivity contribution in [3.8, 4) is 0 Å². The van der Waals surface area contributed by atoms with Crippen LogP contribution in [0.3, 0.4) is 0 Å². The molecule has 0 aliphatic carbocycles. The number of nitrogens with zero attached hydrogens (tertiary/aromatic N) is 1. The van der Waals surface area contributed by atoms with Gasteiger partial charge in [0.25, 0.3) is 0 Å². The molecule has 0 bridgehead atoms. The Kier molecular flexibility index (Phi) is 10.9. The molecule has 0 aromatic rings. The van der Waals surface area contributed by atoms with E-state index >= 15 is 0 Å². The molecule has 0 aliphatic rings. The van der Waals surface area contributed by atoms with Crippen molar-refractivity contribution in [2.24, 2.45) is 5.84 Å². The molecule has 0 spiro atoms. The van der Waals surface area contributed by atoms with E-state index in [4.69, 9.17) is 5.84 Å². The molecular weight excluding hydrogens is 172 g/mol. The third-order valence-electron chi connectivity index (χ3n) is 2.71. The lowest BCUT2D eigenvalue weighted by atomic mass is 10.1. The first-order valence-corrected chi connectivity index (χ1v) is 6.30. The SMILES string of the molecule is CCCCCCCCCCN(N)CC. The summed E-state index contributed by atoms with van der Waals surface area (Å²) < 4.78 is 0. The molecule has 0 amide bonds. The molecule has 2 heteroatoms. The fraction of sp³-hybridized carbons (Fsp3) is 1.00. The minimum atomic E-state index is 0.969. The molecule has 0 unspecified atom stereocenters. The lowest BCUT2D eigenvalue weighted by Crippen LogP contribution is -2.31. The zero-order valence-electron chi connectivity index (χ0n) is 10.1. The molecule has 0 heterocycles. The fourth-order valence-corrected chi connectivity index (χ4v) is 1.61. The molecule has 2 N–H and O–H groups in total. The summed E-state index contributed by atoms with van der Waals surface area (Å²) in [4.78, 5) is 0. The van der Waals surface area contributed by atoms with E-state index < -0.39 is 0 Å². The van der Waals surface area contributed by atoms with Crippen LogP contribution >= 0.6 is 0 Å². The summed E-state index contributed by atoms with van der Waals surface area (Å²) in [6.45, 7) is 6.40. The van der Waals surface area contributed by atoms with Crippen LogP contribution in [0.2, 0.25) is 0 Å². The molecule has 0 atom stereocenters. The molecule has 0 saturated heterocycles.